The zero-order valence-corrected chi connectivity index (χ0v) is 9.85. The van der Waals surface area contributed by atoms with Crippen LogP contribution in [0, 0.1) is 6.92 Å². The third-order valence-electron chi connectivity index (χ3n) is 3.27. The quantitative estimate of drug-likeness (QED) is 0.750. The third-order valence-corrected chi connectivity index (χ3v) is 3.58. The SMILES string of the molecule is Cc1cc(O)c(C2CCCCC2)c(Cl)c1. The van der Waals surface area contributed by atoms with Gasteiger partial charge in [-0.3, -0.25) is 0 Å². The largest absolute Gasteiger partial charge is 0.508 e. The number of halogens is 1. The molecule has 1 aliphatic carbocycles. The highest BCUT2D eigenvalue weighted by atomic mass is 35.5. The maximum absolute atomic E-state index is 9.94. The topological polar surface area (TPSA) is 20.2 Å². The molecule has 2 heteroatoms. The molecule has 0 aromatic heterocycles. The Kier molecular flexibility index (Phi) is 3.20. The van der Waals surface area contributed by atoms with Crippen molar-refractivity contribution in [2.24, 2.45) is 0 Å². The normalized spacial score (nSPS) is 18.0. The van der Waals surface area contributed by atoms with Gasteiger partial charge in [0.2, 0.25) is 0 Å². The van der Waals surface area contributed by atoms with Gasteiger partial charge in [-0.05, 0) is 43.4 Å². The fourth-order valence-corrected chi connectivity index (χ4v) is 2.95. The summed E-state index contributed by atoms with van der Waals surface area (Å²) in [5, 5.41) is 10.7. The molecular formula is C13H17ClO. The molecule has 1 aliphatic rings. The van der Waals surface area contributed by atoms with Gasteiger partial charge in [-0.2, -0.15) is 0 Å². The van der Waals surface area contributed by atoms with Gasteiger partial charge in [0, 0.05) is 10.6 Å². The van der Waals surface area contributed by atoms with Crippen LogP contribution in [0.15, 0.2) is 12.1 Å². The molecule has 2 rings (SSSR count). The number of hydrogen-bond acceptors (Lipinski definition) is 1. The minimum absolute atomic E-state index is 0.381. The number of aryl methyl sites for hydroxylation is 1. The molecule has 15 heavy (non-hydrogen) atoms. The number of hydrogen-bond donors (Lipinski definition) is 1. The van der Waals surface area contributed by atoms with E-state index < -0.39 is 0 Å². The van der Waals surface area contributed by atoms with Gasteiger partial charge in [0.1, 0.15) is 5.75 Å². The van der Waals surface area contributed by atoms with Crippen LogP contribution in [0.3, 0.4) is 0 Å². The van der Waals surface area contributed by atoms with Gasteiger partial charge in [-0.15, -0.1) is 0 Å². The second-order valence-electron chi connectivity index (χ2n) is 4.51. The first-order valence-corrected chi connectivity index (χ1v) is 6.05. The first-order chi connectivity index (χ1) is 7.18. The van der Waals surface area contributed by atoms with Crippen molar-refractivity contribution >= 4 is 11.6 Å². The number of rotatable bonds is 1. The van der Waals surface area contributed by atoms with E-state index in [0.717, 1.165) is 29.0 Å². The third kappa shape index (κ3) is 2.28. The molecule has 0 radical (unpaired) electrons. The highest BCUT2D eigenvalue weighted by molar-refractivity contribution is 6.31. The average molecular weight is 225 g/mol. The van der Waals surface area contributed by atoms with E-state index >= 15 is 0 Å². The maximum atomic E-state index is 9.94. The van der Waals surface area contributed by atoms with Gasteiger partial charge in [0.15, 0.2) is 0 Å². The lowest BCUT2D eigenvalue weighted by atomic mass is 9.83. The lowest BCUT2D eigenvalue weighted by Crippen LogP contribution is -2.05. The summed E-state index contributed by atoms with van der Waals surface area (Å²) in [6.07, 6.45) is 6.16. The van der Waals surface area contributed by atoms with E-state index in [0.29, 0.717) is 11.7 Å². The standard InChI is InChI=1S/C13H17ClO/c1-9-7-11(14)13(12(15)8-9)10-5-3-2-4-6-10/h7-8,10,15H,2-6H2,1H3. The van der Waals surface area contributed by atoms with Crippen molar-refractivity contribution in [3.63, 3.8) is 0 Å². The Morgan fingerprint density at radius 3 is 2.47 bits per heavy atom. The predicted molar refractivity (Wildman–Crippen MR) is 63.7 cm³/mol. The number of aromatic hydroxyl groups is 1. The van der Waals surface area contributed by atoms with E-state index in [1.807, 2.05) is 19.1 Å². The van der Waals surface area contributed by atoms with E-state index in [1.165, 1.54) is 19.3 Å². The Morgan fingerprint density at radius 2 is 1.87 bits per heavy atom. The Hall–Kier alpha value is -0.690. The molecule has 0 heterocycles. The molecule has 1 fully saturated rings. The van der Waals surface area contributed by atoms with Crippen LogP contribution in [-0.2, 0) is 0 Å². The molecule has 82 valence electrons. The van der Waals surface area contributed by atoms with Crippen LogP contribution >= 0.6 is 11.6 Å². The van der Waals surface area contributed by atoms with Crippen LogP contribution in [-0.4, -0.2) is 5.11 Å². The zero-order chi connectivity index (χ0) is 10.8. The van der Waals surface area contributed by atoms with Gasteiger partial charge in [0.25, 0.3) is 0 Å². The fraction of sp³-hybridized carbons (Fsp3) is 0.538. The van der Waals surface area contributed by atoms with Crippen molar-refractivity contribution in [2.75, 3.05) is 0 Å². The second-order valence-corrected chi connectivity index (χ2v) is 4.92. The molecule has 0 amide bonds. The van der Waals surface area contributed by atoms with Crippen molar-refractivity contribution in [1.82, 2.24) is 0 Å². The highest BCUT2D eigenvalue weighted by Crippen LogP contribution is 2.41. The molecule has 0 spiro atoms. The first-order valence-electron chi connectivity index (χ1n) is 5.67. The lowest BCUT2D eigenvalue weighted by Gasteiger charge is -2.23. The Morgan fingerprint density at radius 1 is 1.20 bits per heavy atom. The molecule has 1 aromatic rings. The fourth-order valence-electron chi connectivity index (χ4n) is 2.53. The molecular weight excluding hydrogens is 208 g/mol. The second kappa shape index (κ2) is 4.44. The number of benzene rings is 1. The Bertz CT molecular complexity index is 331. The van der Waals surface area contributed by atoms with Crippen molar-refractivity contribution < 1.29 is 5.11 Å². The maximum Gasteiger partial charge on any atom is 0.120 e. The average Bonchev–Trinajstić information content (AvgIpc) is 2.17. The van der Waals surface area contributed by atoms with E-state index in [1.54, 1.807) is 0 Å². The van der Waals surface area contributed by atoms with E-state index in [4.69, 9.17) is 11.6 Å². The molecule has 1 aromatic carbocycles. The van der Waals surface area contributed by atoms with Crippen LogP contribution in [0.1, 0.15) is 49.1 Å². The van der Waals surface area contributed by atoms with Gasteiger partial charge in [-0.1, -0.05) is 30.9 Å². The van der Waals surface area contributed by atoms with Gasteiger partial charge >= 0.3 is 0 Å². The lowest BCUT2D eigenvalue weighted by molar-refractivity contribution is 0.414. The minimum atomic E-state index is 0.381. The highest BCUT2D eigenvalue weighted by Gasteiger charge is 2.21. The van der Waals surface area contributed by atoms with Crippen LogP contribution in [0.5, 0.6) is 5.75 Å². The van der Waals surface area contributed by atoms with E-state index in [9.17, 15) is 5.11 Å². The molecule has 1 nitrogen and oxygen atoms in total. The van der Waals surface area contributed by atoms with E-state index in [2.05, 4.69) is 0 Å². The van der Waals surface area contributed by atoms with Crippen LogP contribution in [0.25, 0.3) is 0 Å². The summed E-state index contributed by atoms with van der Waals surface area (Å²) in [5.41, 5.74) is 2.00. The predicted octanol–water partition coefficient (Wildman–Crippen LogP) is 4.40. The molecule has 0 saturated heterocycles. The van der Waals surface area contributed by atoms with Crippen LogP contribution in [0.2, 0.25) is 5.02 Å². The molecule has 0 unspecified atom stereocenters. The first kappa shape index (κ1) is 10.8. The van der Waals surface area contributed by atoms with Crippen molar-refractivity contribution in [3.05, 3.63) is 28.3 Å². The molecule has 1 saturated carbocycles. The Balaban J connectivity index is 2.33. The van der Waals surface area contributed by atoms with Crippen molar-refractivity contribution in [1.29, 1.82) is 0 Å². The summed E-state index contributed by atoms with van der Waals surface area (Å²) in [4.78, 5) is 0. The van der Waals surface area contributed by atoms with Crippen LogP contribution in [0.4, 0.5) is 0 Å². The summed E-state index contributed by atoms with van der Waals surface area (Å²) in [5.74, 6) is 0.846. The molecule has 0 aliphatic heterocycles. The van der Waals surface area contributed by atoms with Gasteiger partial charge in [0.05, 0.1) is 0 Å². The van der Waals surface area contributed by atoms with Crippen LogP contribution < -0.4 is 0 Å². The van der Waals surface area contributed by atoms with Gasteiger partial charge < -0.3 is 5.11 Å². The summed E-state index contributed by atoms with van der Waals surface area (Å²) < 4.78 is 0. The monoisotopic (exact) mass is 224 g/mol. The minimum Gasteiger partial charge on any atom is -0.508 e. The smallest absolute Gasteiger partial charge is 0.120 e. The molecule has 0 bridgehead atoms. The summed E-state index contributed by atoms with van der Waals surface area (Å²) in [6, 6.07) is 3.76. The molecule has 1 N–H and O–H groups in total. The Labute approximate surface area is 96.1 Å². The number of phenols is 1. The zero-order valence-electron chi connectivity index (χ0n) is 9.09. The summed E-state index contributed by atoms with van der Waals surface area (Å²) >= 11 is 6.21. The van der Waals surface area contributed by atoms with Gasteiger partial charge in [-0.25, -0.2) is 0 Å². The van der Waals surface area contributed by atoms with Crippen molar-refractivity contribution in [2.45, 2.75) is 44.9 Å². The van der Waals surface area contributed by atoms with E-state index in [-0.39, 0.29) is 0 Å². The van der Waals surface area contributed by atoms with Crippen molar-refractivity contribution in [3.8, 4) is 5.75 Å². The number of phenolic OH excluding ortho intramolecular Hbond substituents is 1. The molecule has 0 atom stereocenters. The summed E-state index contributed by atoms with van der Waals surface area (Å²) in [6.45, 7) is 1.95. The summed E-state index contributed by atoms with van der Waals surface area (Å²) in [7, 11) is 0.